The highest BCUT2D eigenvalue weighted by atomic mass is 16.1. The van der Waals surface area contributed by atoms with Gasteiger partial charge in [-0.3, -0.25) is 4.79 Å². The second kappa shape index (κ2) is 8.00. The van der Waals surface area contributed by atoms with Gasteiger partial charge in [-0.15, -0.1) is 0 Å². The lowest BCUT2D eigenvalue weighted by Crippen LogP contribution is -2.44. The van der Waals surface area contributed by atoms with Gasteiger partial charge in [0.25, 0.3) is 0 Å². The number of aryl methyl sites for hydroxylation is 1. The molecule has 24 heavy (non-hydrogen) atoms. The van der Waals surface area contributed by atoms with Crippen molar-refractivity contribution in [3.63, 3.8) is 0 Å². The van der Waals surface area contributed by atoms with Crippen LogP contribution in [-0.2, 0) is 11.2 Å². The van der Waals surface area contributed by atoms with Crippen molar-refractivity contribution in [3.8, 4) is 0 Å². The van der Waals surface area contributed by atoms with E-state index in [-0.39, 0.29) is 17.2 Å². The lowest BCUT2D eigenvalue weighted by molar-refractivity contribution is -0.118. The van der Waals surface area contributed by atoms with Crippen LogP contribution in [0.3, 0.4) is 0 Å². The summed E-state index contributed by atoms with van der Waals surface area (Å²) in [6.07, 6.45) is 8.23. The molecule has 0 aromatic heterocycles. The third kappa shape index (κ3) is 4.72. The Hall–Kier alpha value is -1.57. The first-order valence-electron chi connectivity index (χ1n) is 9.50. The molecule has 0 saturated carbocycles. The van der Waals surface area contributed by atoms with Crippen molar-refractivity contribution >= 4 is 11.5 Å². The molecule has 132 valence electrons. The lowest BCUT2D eigenvalue weighted by Gasteiger charge is -2.36. The molecule has 1 N–H and O–H groups in total. The van der Waals surface area contributed by atoms with E-state index in [0.717, 1.165) is 44.2 Å². The Labute approximate surface area is 147 Å². The van der Waals surface area contributed by atoms with Gasteiger partial charge in [-0.25, -0.2) is 0 Å². The van der Waals surface area contributed by atoms with E-state index in [4.69, 9.17) is 0 Å². The fourth-order valence-corrected chi connectivity index (χ4v) is 3.65. The first-order chi connectivity index (χ1) is 11.4. The molecule has 0 radical (unpaired) electrons. The van der Waals surface area contributed by atoms with Crippen LogP contribution in [0.15, 0.2) is 24.3 Å². The Morgan fingerprint density at radius 1 is 1.25 bits per heavy atom. The van der Waals surface area contributed by atoms with Crippen molar-refractivity contribution in [2.75, 3.05) is 0 Å². The van der Waals surface area contributed by atoms with E-state index in [2.05, 4.69) is 58.1 Å². The molecule has 0 saturated heterocycles. The minimum absolute atomic E-state index is 0.0158. The SMILES string of the molecule is CCCCC(CCC)C(=O)/C=C1\NC(C)(C)Cc2ccc(C)cc21. The highest BCUT2D eigenvalue weighted by Crippen LogP contribution is 2.31. The summed E-state index contributed by atoms with van der Waals surface area (Å²) in [7, 11) is 0. The Kier molecular flexibility index (Phi) is 6.26. The Bertz CT molecular complexity index is 612. The van der Waals surface area contributed by atoms with Gasteiger partial charge in [-0.2, -0.15) is 0 Å². The fourth-order valence-electron chi connectivity index (χ4n) is 3.65. The van der Waals surface area contributed by atoms with Gasteiger partial charge in [0.1, 0.15) is 0 Å². The maximum absolute atomic E-state index is 12.9. The minimum atomic E-state index is -0.0158. The summed E-state index contributed by atoms with van der Waals surface area (Å²) in [6.45, 7) is 10.9. The van der Waals surface area contributed by atoms with Crippen LogP contribution < -0.4 is 5.32 Å². The zero-order valence-electron chi connectivity index (χ0n) is 16.0. The van der Waals surface area contributed by atoms with Gasteiger partial charge in [0.05, 0.1) is 0 Å². The van der Waals surface area contributed by atoms with Gasteiger partial charge in [0, 0.05) is 28.8 Å². The number of allylic oxidation sites excluding steroid dienone is 1. The van der Waals surface area contributed by atoms with Crippen molar-refractivity contribution < 1.29 is 4.79 Å². The number of hydrogen-bond donors (Lipinski definition) is 1. The van der Waals surface area contributed by atoms with E-state index in [9.17, 15) is 4.79 Å². The number of nitrogens with one attached hydrogen (secondary N) is 1. The number of hydrogen-bond acceptors (Lipinski definition) is 2. The molecule has 0 amide bonds. The van der Waals surface area contributed by atoms with E-state index in [0.29, 0.717) is 0 Å². The maximum Gasteiger partial charge on any atom is 0.160 e. The minimum Gasteiger partial charge on any atom is -0.379 e. The maximum atomic E-state index is 12.9. The highest BCUT2D eigenvalue weighted by Gasteiger charge is 2.28. The van der Waals surface area contributed by atoms with Crippen molar-refractivity contribution in [2.24, 2.45) is 5.92 Å². The lowest BCUT2D eigenvalue weighted by atomic mass is 9.84. The van der Waals surface area contributed by atoms with Gasteiger partial charge >= 0.3 is 0 Å². The van der Waals surface area contributed by atoms with Gasteiger partial charge in [-0.05, 0) is 51.7 Å². The predicted octanol–water partition coefficient (Wildman–Crippen LogP) is 5.44. The highest BCUT2D eigenvalue weighted by molar-refractivity contribution is 5.98. The summed E-state index contributed by atoms with van der Waals surface area (Å²) in [4.78, 5) is 12.9. The van der Waals surface area contributed by atoms with Crippen LogP contribution in [-0.4, -0.2) is 11.3 Å². The van der Waals surface area contributed by atoms with Crippen LogP contribution in [0.4, 0.5) is 0 Å². The predicted molar refractivity (Wildman–Crippen MR) is 103 cm³/mol. The molecule has 2 nitrogen and oxygen atoms in total. The molecule has 2 heteroatoms. The first kappa shape index (κ1) is 18.8. The quantitative estimate of drug-likeness (QED) is 0.676. The fraction of sp³-hybridized carbons (Fsp3) is 0.591. The Balaban J connectivity index is 2.33. The van der Waals surface area contributed by atoms with Crippen molar-refractivity contribution in [2.45, 2.75) is 78.7 Å². The Morgan fingerprint density at radius 3 is 2.67 bits per heavy atom. The van der Waals surface area contributed by atoms with E-state index >= 15 is 0 Å². The molecule has 1 atom stereocenters. The average molecular weight is 328 g/mol. The summed E-state index contributed by atoms with van der Waals surface area (Å²) in [6, 6.07) is 6.59. The number of ketones is 1. The number of carbonyl (C=O) groups excluding carboxylic acids is 1. The van der Waals surface area contributed by atoms with Crippen LogP contribution >= 0.6 is 0 Å². The Morgan fingerprint density at radius 2 is 2.00 bits per heavy atom. The van der Waals surface area contributed by atoms with Crippen LogP contribution in [0, 0.1) is 12.8 Å². The van der Waals surface area contributed by atoms with Crippen LogP contribution in [0.5, 0.6) is 0 Å². The molecule has 0 fully saturated rings. The van der Waals surface area contributed by atoms with E-state index in [1.165, 1.54) is 16.7 Å². The van der Waals surface area contributed by atoms with Crippen molar-refractivity contribution in [1.82, 2.24) is 5.32 Å². The van der Waals surface area contributed by atoms with Gasteiger partial charge in [-0.1, -0.05) is 50.8 Å². The smallest absolute Gasteiger partial charge is 0.160 e. The van der Waals surface area contributed by atoms with Crippen LogP contribution in [0.25, 0.3) is 5.70 Å². The standard InChI is InChI=1S/C22H33NO/c1-6-8-10-17(9-7-2)21(24)14-20-19-13-16(3)11-12-18(19)15-22(4,5)23-20/h11-14,17,23H,6-10,15H2,1-5H3/b20-14-. The number of unbranched alkanes of at least 4 members (excludes halogenated alkanes) is 1. The van der Waals surface area contributed by atoms with Crippen molar-refractivity contribution in [3.05, 3.63) is 41.0 Å². The molecule has 2 rings (SSSR count). The summed E-state index contributed by atoms with van der Waals surface area (Å²) in [5.41, 5.74) is 4.77. The van der Waals surface area contributed by atoms with E-state index in [1.807, 2.05) is 6.08 Å². The molecular weight excluding hydrogens is 294 g/mol. The largest absolute Gasteiger partial charge is 0.379 e. The molecule has 1 unspecified atom stereocenters. The summed E-state index contributed by atoms with van der Waals surface area (Å²) in [5.74, 6) is 0.459. The molecule has 1 aromatic rings. The summed E-state index contributed by atoms with van der Waals surface area (Å²) >= 11 is 0. The number of fused-ring (bicyclic) bond motifs is 1. The zero-order valence-corrected chi connectivity index (χ0v) is 16.0. The molecule has 1 aliphatic heterocycles. The molecule has 0 bridgehead atoms. The van der Waals surface area contributed by atoms with Crippen molar-refractivity contribution in [1.29, 1.82) is 0 Å². The van der Waals surface area contributed by atoms with Gasteiger partial charge in [0.15, 0.2) is 5.78 Å². The second-order valence-electron chi connectivity index (χ2n) is 7.93. The molecule has 1 aromatic carbocycles. The molecular formula is C22H33NO. The number of rotatable bonds is 7. The van der Waals surface area contributed by atoms with E-state index in [1.54, 1.807) is 0 Å². The topological polar surface area (TPSA) is 29.1 Å². The van der Waals surface area contributed by atoms with E-state index < -0.39 is 0 Å². The van der Waals surface area contributed by atoms with Gasteiger partial charge in [0.2, 0.25) is 0 Å². The monoisotopic (exact) mass is 327 g/mol. The van der Waals surface area contributed by atoms with Crippen LogP contribution in [0.2, 0.25) is 0 Å². The molecule has 0 spiro atoms. The first-order valence-corrected chi connectivity index (χ1v) is 9.50. The van der Waals surface area contributed by atoms with Gasteiger partial charge < -0.3 is 5.32 Å². The molecule has 1 heterocycles. The summed E-state index contributed by atoms with van der Waals surface area (Å²) < 4.78 is 0. The number of benzene rings is 1. The zero-order chi connectivity index (χ0) is 17.7. The summed E-state index contributed by atoms with van der Waals surface area (Å²) in [5, 5.41) is 3.60. The average Bonchev–Trinajstić information content (AvgIpc) is 2.51. The molecule has 1 aliphatic rings. The second-order valence-corrected chi connectivity index (χ2v) is 7.93. The number of carbonyl (C=O) groups is 1. The van der Waals surface area contributed by atoms with Crippen LogP contribution in [0.1, 0.15) is 76.5 Å². The normalized spacial score (nSPS) is 18.8. The third-order valence-electron chi connectivity index (χ3n) is 4.89. The molecule has 0 aliphatic carbocycles. The third-order valence-corrected chi connectivity index (χ3v) is 4.89.